The van der Waals surface area contributed by atoms with Gasteiger partial charge < -0.3 is 5.32 Å². The van der Waals surface area contributed by atoms with Crippen molar-refractivity contribution >= 4 is 52.1 Å². The average Bonchev–Trinajstić information content (AvgIpc) is 2.70. The average molecular weight is 404 g/mol. The third-order valence-electron chi connectivity index (χ3n) is 3.90. The number of rotatable bonds is 4. The van der Waals surface area contributed by atoms with Crippen LogP contribution in [0.2, 0.25) is 0 Å². The van der Waals surface area contributed by atoms with Crippen molar-refractivity contribution in [3.05, 3.63) is 20.3 Å². The second-order valence-corrected chi connectivity index (χ2v) is 7.62. The third kappa shape index (κ3) is 4.85. The summed E-state index contributed by atoms with van der Waals surface area (Å²) >= 11 is 5.58. The van der Waals surface area contributed by atoms with E-state index in [1.807, 2.05) is 11.3 Å². The first-order chi connectivity index (χ1) is 8.63. The topological polar surface area (TPSA) is 15.3 Å². The zero-order valence-electron chi connectivity index (χ0n) is 12.3. The fourth-order valence-electron chi connectivity index (χ4n) is 2.63. The van der Waals surface area contributed by atoms with Gasteiger partial charge in [-0.3, -0.25) is 4.90 Å². The summed E-state index contributed by atoms with van der Waals surface area (Å²) < 4.78 is 1.29. The molecule has 1 saturated heterocycles. The molecule has 0 radical (unpaired) electrons. The maximum absolute atomic E-state index is 3.67. The smallest absolute Gasteiger partial charge is 0.0731 e. The lowest BCUT2D eigenvalue weighted by molar-refractivity contribution is 0.131. The Labute approximate surface area is 147 Å². The van der Waals surface area contributed by atoms with Gasteiger partial charge in [-0.2, -0.15) is 0 Å². The highest BCUT2D eigenvalue weighted by atomic mass is 79.9. The van der Waals surface area contributed by atoms with Crippen LogP contribution in [0.4, 0.5) is 0 Å². The van der Waals surface area contributed by atoms with Crippen molar-refractivity contribution in [2.24, 2.45) is 5.92 Å². The van der Waals surface area contributed by atoms with Gasteiger partial charge in [-0.1, -0.05) is 20.3 Å². The predicted molar refractivity (Wildman–Crippen MR) is 97.9 cm³/mol. The van der Waals surface area contributed by atoms with Crippen LogP contribution >= 0.6 is 52.1 Å². The standard InChI is InChI=1S/C14H23BrN2S.2ClH/c1-4-10(2)13(17-7-5-16-6-8-17)12-9-11(3)14(15)18-12;;/h9-10,13,16H,4-8H2,1-3H3;2*1H/t10?,13-;;/m0../s1. The number of nitrogens with one attached hydrogen (secondary N) is 1. The Bertz CT molecular complexity index is 375. The summed E-state index contributed by atoms with van der Waals surface area (Å²) in [5.41, 5.74) is 1.37. The second kappa shape index (κ2) is 9.65. The van der Waals surface area contributed by atoms with E-state index in [0.717, 1.165) is 13.1 Å². The Kier molecular flexibility index (Phi) is 9.98. The molecule has 2 nitrogen and oxygen atoms in total. The number of aryl methyl sites for hydroxylation is 1. The van der Waals surface area contributed by atoms with Crippen LogP contribution < -0.4 is 5.32 Å². The molecule has 2 rings (SSSR count). The maximum Gasteiger partial charge on any atom is 0.0731 e. The molecule has 118 valence electrons. The minimum atomic E-state index is 0. The van der Waals surface area contributed by atoms with E-state index < -0.39 is 0 Å². The molecule has 1 unspecified atom stereocenters. The molecule has 2 atom stereocenters. The van der Waals surface area contributed by atoms with Gasteiger partial charge in [-0.05, 0) is 40.4 Å². The highest BCUT2D eigenvalue weighted by Gasteiger charge is 2.28. The molecule has 0 aliphatic carbocycles. The molecule has 0 saturated carbocycles. The first-order valence-electron chi connectivity index (χ1n) is 6.84. The predicted octanol–water partition coefficient (Wildman–Crippen LogP) is 4.66. The molecular formula is C14H25BrCl2N2S. The Morgan fingerprint density at radius 2 is 1.95 bits per heavy atom. The first-order valence-corrected chi connectivity index (χ1v) is 8.45. The highest BCUT2D eigenvalue weighted by Crippen LogP contribution is 2.38. The molecule has 1 aromatic rings. The number of hydrogen-bond donors (Lipinski definition) is 1. The molecular weight excluding hydrogens is 379 g/mol. The van der Waals surface area contributed by atoms with E-state index in [9.17, 15) is 0 Å². The van der Waals surface area contributed by atoms with Crippen molar-refractivity contribution in [1.29, 1.82) is 0 Å². The molecule has 0 bridgehead atoms. The number of hydrogen-bond acceptors (Lipinski definition) is 3. The van der Waals surface area contributed by atoms with Crippen LogP contribution in [0.15, 0.2) is 9.85 Å². The zero-order valence-corrected chi connectivity index (χ0v) is 16.4. The van der Waals surface area contributed by atoms with Crippen molar-refractivity contribution in [3.63, 3.8) is 0 Å². The fraction of sp³-hybridized carbons (Fsp3) is 0.714. The zero-order chi connectivity index (χ0) is 13.1. The molecule has 20 heavy (non-hydrogen) atoms. The molecule has 1 aliphatic rings. The number of thiophene rings is 1. The van der Waals surface area contributed by atoms with E-state index >= 15 is 0 Å². The Morgan fingerprint density at radius 1 is 1.35 bits per heavy atom. The van der Waals surface area contributed by atoms with Crippen molar-refractivity contribution in [2.75, 3.05) is 26.2 Å². The van der Waals surface area contributed by atoms with Crippen LogP contribution in [0.5, 0.6) is 0 Å². The van der Waals surface area contributed by atoms with E-state index in [-0.39, 0.29) is 24.8 Å². The van der Waals surface area contributed by atoms with Crippen LogP contribution in [0.25, 0.3) is 0 Å². The van der Waals surface area contributed by atoms with Crippen LogP contribution in [-0.2, 0) is 0 Å². The molecule has 1 N–H and O–H groups in total. The lowest BCUT2D eigenvalue weighted by atomic mass is 9.95. The lowest BCUT2D eigenvalue weighted by Gasteiger charge is -2.37. The van der Waals surface area contributed by atoms with Gasteiger partial charge in [-0.25, -0.2) is 0 Å². The van der Waals surface area contributed by atoms with Crippen molar-refractivity contribution < 1.29 is 0 Å². The molecule has 0 spiro atoms. The van der Waals surface area contributed by atoms with E-state index in [2.05, 4.69) is 53.0 Å². The largest absolute Gasteiger partial charge is 0.314 e. The normalized spacial score (nSPS) is 18.8. The van der Waals surface area contributed by atoms with Gasteiger partial charge in [0, 0.05) is 37.1 Å². The van der Waals surface area contributed by atoms with Crippen LogP contribution in [0, 0.1) is 12.8 Å². The molecule has 2 heterocycles. The minimum Gasteiger partial charge on any atom is -0.314 e. The molecule has 1 aliphatic heterocycles. The van der Waals surface area contributed by atoms with E-state index in [1.165, 1.54) is 33.7 Å². The van der Waals surface area contributed by atoms with Crippen molar-refractivity contribution in [3.8, 4) is 0 Å². The Morgan fingerprint density at radius 3 is 2.40 bits per heavy atom. The monoisotopic (exact) mass is 402 g/mol. The Balaban J connectivity index is 0.00000180. The van der Waals surface area contributed by atoms with Crippen molar-refractivity contribution in [1.82, 2.24) is 10.2 Å². The molecule has 0 amide bonds. The summed E-state index contributed by atoms with van der Waals surface area (Å²) in [6, 6.07) is 2.96. The number of piperazine rings is 1. The highest BCUT2D eigenvalue weighted by molar-refractivity contribution is 9.11. The van der Waals surface area contributed by atoms with E-state index in [0.29, 0.717) is 12.0 Å². The van der Waals surface area contributed by atoms with Gasteiger partial charge in [0.15, 0.2) is 0 Å². The molecule has 1 fully saturated rings. The van der Waals surface area contributed by atoms with Gasteiger partial charge in [-0.15, -0.1) is 36.2 Å². The second-order valence-electron chi connectivity index (χ2n) is 5.22. The summed E-state index contributed by atoms with van der Waals surface area (Å²) in [6.07, 6.45) is 1.24. The van der Waals surface area contributed by atoms with Gasteiger partial charge in [0.1, 0.15) is 0 Å². The number of halogens is 3. The summed E-state index contributed by atoms with van der Waals surface area (Å²) in [4.78, 5) is 4.18. The van der Waals surface area contributed by atoms with Crippen LogP contribution in [0.3, 0.4) is 0 Å². The summed E-state index contributed by atoms with van der Waals surface area (Å²) in [5.74, 6) is 0.716. The van der Waals surface area contributed by atoms with Crippen LogP contribution in [-0.4, -0.2) is 31.1 Å². The summed E-state index contributed by atoms with van der Waals surface area (Å²) in [5, 5.41) is 3.45. The summed E-state index contributed by atoms with van der Waals surface area (Å²) in [7, 11) is 0. The molecule has 6 heteroatoms. The van der Waals surface area contributed by atoms with Crippen molar-refractivity contribution in [2.45, 2.75) is 33.2 Å². The lowest BCUT2D eigenvalue weighted by Crippen LogP contribution is -2.46. The van der Waals surface area contributed by atoms with E-state index in [1.54, 1.807) is 0 Å². The van der Waals surface area contributed by atoms with E-state index in [4.69, 9.17) is 0 Å². The van der Waals surface area contributed by atoms with Crippen LogP contribution in [0.1, 0.15) is 36.8 Å². The fourth-order valence-corrected chi connectivity index (χ4v) is 4.47. The molecule has 1 aromatic heterocycles. The minimum absolute atomic E-state index is 0. The first kappa shape index (κ1) is 20.7. The quantitative estimate of drug-likeness (QED) is 0.786. The van der Waals surface area contributed by atoms with Gasteiger partial charge >= 0.3 is 0 Å². The maximum atomic E-state index is 3.67. The molecule has 0 aromatic carbocycles. The van der Waals surface area contributed by atoms with Gasteiger partial charge in [0.05, 0.1) is 3.79 Å². The number of nitrogens with zero attached hydrogens (tertiary/aromatic N) is 1. The van der Waals surface area contributed by atoms with Gasteiger partial charge in [0.2, 0.25) is 0 Å². The third-order valence-corrected chi connectivity index (χ3v) is 6.10. The summed E-state index contributed by atoms with van der Waals surface area (Å²) in [6.45, 7) is 11.5. The van der Waals surface area contributed by atoms with Gasteiger partial charge in [0.25, 0.3) is 0 Å². The SMILES string of the molecule is CCC(C)[C@@H](c1cc(C)c(Br)s1)N1CCNCC1.Cl.Cl. The Hall–Kier alpha value is 0.680.